The molecule has 0 spiro atoms. The Balaban J connectivity index is 0.00000256. The van der Waals surface area contributed by atoms with Gasteiger partial charge in [-0.2, -0.15) is 0 Å². The van der Waals surface area contributed by atoms with E-state index in [0.717, 1.165) is 56.6 Å². The molecule has 0 atom stereocenters. The molecule has 0 aromatic heterocycles. The van der Waals surface area contributed by atoms with E-state index in [-0.39, 0.29) is 29.8 Å². The third-order valence-electron chi connectivity index (χ3n) is 6.77. The summed E-state index contributed by atoms with van der Waals surface area (Å²) in [6.45, 7) is 6.20. The van der Waals surface area contributed by atoms with Crippen molar-refractivity contribution < 1.29 is 4.39 Å². The number of piperidine rings is 2. The number of aliphatic imine (C=N–C) groups is 1. The minimum atomic E-state index is -0.0888. The van der Waals surface area contributed by atoms with Gasteiger partial charge in [-0.3, -0.25) is 9.89 Å². The van der Waals surface area contributed by atoms with E-state index in [1.54, 1.807) is 12.1 Å². The molecule has 7 heteroatoms. The van der Waals surface area contributed by atoms with E-state index >= 15 is 0 Å². The van der Waals surface area contributed by atoms with Gasteiger partial charge in [-0.15, -0.1) is 24.0 Å². The van der Waals surface area contributed by atoms with Crippen LogP contribution in [0.1, 0.15) is 44.1 Å². The normalized spacial score (nSPS) is 22.5. The van der Waals surface area contributed by atoms with Gasteiger partial charge in [0.25, 0.3) is 0 Å². The molecule has 4 rings (SSSR count). The molecular formula is C23H37FIN5. The van der Waals surface area contributed by atoms with Crippen molar-refractivity contribution in [2.24, 2.45) is 10.9 Å². The van der Waals surface area contributed by atoms with Crippen LogP contribution >= 0.6 is 24.0 Å². The van der Waals surface area contributed by atoms with Gasteiger partial charge >= 0.3 is 0 Å². The summed E-state index contributed by atoms with van der Waals surface area (Å²) in [5.74, 6) is 1.51. The molecule has 2 heterocycles. The zero-order valence-corrected chi connectivity index (χ0v) is 20.5. The monoisotopic (exact) mass is 529 g/mol. The summed E-state index contributed by atoms with van der Waals surface area (Å²) in [6.07, 6.45) is 7.54. The first kappa shape index (κ1) is 23.7. The van der Waals surface area contributed by atoms with Crippen LogP contribution in [-0.4, -0.2) is 67.6 Å². The van der Waals surface area contributed by atoms with Crippen molar-refractivity contribution >= 4 is 29.9 Å². The Labute approximate surface area is 197 Å². The van der Waals surface area contributed by atoms with Crippen LogP contribution < -0.4 is 10.6 Å². The van der Waals surface area contributed by atoms with Gasteiger partial charge in [0.1, 0.15) is 5.82 Å². The second-order valence-corrected chi connectivity index (χ2v) is 8.95. The summed E-state index contributed by atoms with van der Waals surface area (Å²) in [7, 11) is 1.87. The van der Waals surface area contributed by atoms with Gasteiger partial charge in [0, 0.05) is 50.9 Å². The number of guanidine groups is 1. The van der Waals surface area contributed by atoms with E-state index in [4.69, 9.17) is 0 Å². The molecule has 1 saturated carbocycles. The van der Waals surface area contributed by atoms with Crippen LogP contribution in [0.15, 0.2) is 29.3 Å². The average Bonchev–Trinajstić information content (AvgIpc) is 3.60. The number of halogens is 2. The Kier molecular flexibility index (Phi) is 9.19. The number of rotatable bonds is 6. The minimum Gasteiger partial charge on any atom is -0.356 e. The molecule has 0 amide bonds. The summed E-state index contributed by atoms with van der Waals surface area (Å²) < 4.78 is 13.9. The average molecular weight is 529 g/mol. The van der Waals surface area contributed by atoms with Crippen molar-refractivity contribution in [2.45, 2.75) is 57.2 Å². The maximum atomic E-state index is 13.9. The minimum absolute atomic E-state index is 0. The Bertz CT molecular complexity index is 680. The van der Waals surface area contributed by atoms with Gasteiger partial charge in [0.05, 0.1) is 0 Å². The van der Waals surface area contributed by atoms with E-state index in [9.17, 15) is 4.39 Å². The summed E-state index contributed by atoms with van der Waals surface area (Å²) in [4.78, 5) is 9.47. The number of nitrogens with one attached hydrogen (secondary N) is 2. The van der Waals surface area contributed by atoms with Gasteiger partial charge in [-0.1, -0.05) is 18.2 Å². The van der Waals surface area contributed by atoms with Gasteiger partial charge in [-0.05, 0) is 63.6 Å². The van der Waals surface area contributed by atoms with Crippen LogP contribution in [0.2, 0.25) is 0 Å². The lowest BCUT2D eigenvalue weighted by atomic mass is 9.96. The third kappa shape index (κ3) is 6.79. The highest BCUT2D eigenvalue weighted by Crippen LogP contribution is 2.29. The first-order valence-corrected chi connectivity index (χ1v) is 11.4. The van der Waals surface area contributed by atoms with E-state index in [2.05, 4.69) is 25.4 Å². The van der Waals surface area contributed by atoms with Crippen LogP contribution in [-0.2, 0) is 6.54 Å². The molecule has 5 nitrogen and oxygen atoms in total. The number of nitrogens with zero attached hydrogens (tertiary/aromatic N) is 3. The fourth-order valence-electron chi connectivity index (χ4n) is 4.69. The van der Waals surface area contributed by atoms with E-state index in [1.807, 2.05) is 19.2 Å². The molecule has 1 aromatic rings. The molecule has 0 radical (unpaired) electrons. The zero-order valence-electron chi connectivity index (χ0n) is 18.2. The Morgan fingerprint density at radius 2 is 1.73 bits per heavy atom. The van der Waals surface area contributed by atoms with Crippen molar-refractivity contribution in [1.29, 1.82) is 0 Å². The maximum Gasteiger partial charge on any atom is 0.191 e. The maximum absolute atomic E-state index is 13.9. The largest absolute Gasteiger partial charge is 0.356 e. The van der Waals surface area contributed by atoms with Gasteiger partial charge < -0.3 is 15.5 Å². The highest BCUT2D eigenvalue weighted by atomic mass is 127. The molecule has 3 fully saturated rings. The molecule has 0 bridgehead atoms. The molecule has 3 aliphatic rings. The number of likely N-dealkylation sites (tertiary alicyclic amines) is 2. The summed E-state index contributed by atoms with van der Waals surface area (Å²) in [5, 5.41) is 7.19. The molecule has 168 valence electrons. The molecule has 30 heavy (non-hydrogen) atoms. The fraction of sp³-hybridized carbons (Fsp3) is 0.696. The van der Waals surface area contributed by atoms with Crippen LogP contribution in [0.25, 0.3) is 0 Å². The standard InChI is InChI=1S/C23H36FN5.HI/c1-25-23(27-20-10-14-29(15-11-20)21-6-7-21)26-16-18-8-12-28(13-9-18)17-19-4-2-3-5-22(19)24;/h2-5,18,20-21H,6-17H2,1H3,(H2,25,26,27);1H. The molecule has 2 N–H and O–H groups in total. The van der Waals surface area contributed by atoms with Crippen molar-refractivity contribution in [3.63, 3.8) is 0 Å². The molecular weight excluding hydrogens is 492 g/mol. The van der Waals surface area contributed by atoms with E-state index in [0.29, 0.717) is 12.0 Å². The number of benzene rings is 1. The van der Waals surface area contributed by atoms with E-state index < -0.39 is 0 Å². The molecule has 1 aliphatic carbocycles. The first-order valence-electron chi connectivity index (χ1n) is 11.4. The highest BCUT2D eigenvalue weighted by molar-refractivity contribution is 14.0. The summed E-state index contributed by atoms with van der Waals surface area (Å²) in [6, 6.07) is 8.56. The topological polar surface area (TPSA) is 42.9 Å². The van der Waals surface area contributed by atoms with Gasteiger partial charge in [0.2, 0.25) is 0 Å². The smallest absolute Gasteiger partial charge is 0.191 e. The van der Waals surface area contributed by atoms with Crippen molar-refractivity contribution in [1.82, 2.24) is 20.4 Å². The lowest BCUT2D eigenvalue weighted by molar-refractivity contribution is 0.176. The predicted octanol–water partition coefficient (Wildman–Crippen LogP) is 3.45. The van der Waals surface area contributed by atoms with Crippen LogP contribution in [0.3, 0.4) is 0 Å². The van der Waals surface area contributed by atoms with Gasteiger partial charge in [-0.25, -0.2) is 4.39 Å². The predicted molar refractivity (Wildman–Crippen MR) is 132 cm³/mol. The van der Waals surface area contributed by atoms with Crippen LogP contribution in [0, 0.1) is 11.7 Å². The quantitative estimate of drug-likeness (QED) is 0.337. The Morgan fingerprint density at radius 3 is 2.37 bits per heavy atom. The lowest BCUT2D eigenvalue weighted by Crippen LogP contribution is -2.50. The van der Waals surface area contributed by atoms with Crippen molar-refractivity contribution in [3.05, 3.63) is 35.6 Å². The van der Waals surface area contributed by atoms with Crippen molar-refractivity contribution in [3.8, 4) is 0 Å². The molecule has 1 aromatic carbocycles. The lowest BCUT2D eigenvalue weighted by Gasteiger charge is -2.34. The van der Waals surface area contributed by atoms with Gasteiger partial charge in [0.15, 0.2) is 5.96 Å². The summed E-state index contributed by atoms with van der Waals surface area (Å²) >= 11 is 0. The highest BCUT2D eigenvalue weighted by Gasteiger charge is 2.32. The second kappa shape index (κ2) is 11.6. The third-order valence-corrected chi connectivity index (χ3v) is 6.77. The summed E-state index contributed by atoms with van der Waals surface area (Å²) in [5.41, 5.74) is 0.807. The molecule has 2 saturated heterocycles. The Morgan fingerprint density at radius 1 is 1.03 bits per heavy atom. The molecule has 0 unspecified atom stereocenters. The first-order chi connectivity index (χ1) is 14.2. The van der Waals surface area contributed by atoms with Crippen LogP contribution in [0.5, 0.6) is 0 Å². The second-order valence-electron chi connectivity index (χ2n) is 8.95. The number of hydrogen-bond acceptors (Lipinski definition) is 3. The van der Waals surface area contributed by atoms with E-state index in [1.165, 1.54) is 38.8 Å². The number of hydrogen-bond donors (Lipinski definition) is 2. The Hall–Kier alpha value is -0.930. The fourth-order valence-corrected chi connectivity index (χ4v) is 4.69. The van der Waals surface area contributed by atoms with Crippen molar-refractivity contribution in [2.75, 3.05) is 39.8 Å². The SMILES string of the molecule is CN=C(NCC1CCN(Cc2ccccc2F)CC1)NC1CCN(C2CC2)CC1.I. The molecule has 2 aliphatic heterocycles. The van der Waals surface area contributed by atoms with Crippen LogP contribution in [0.4, 0.5) is 4.39 Å². The zero-order chi connectivity index (χ0) is 20.1.